The summed E-state index contributed by atoms with van der Waals surface area (Å²) in [5.74, 6) is 0.904. The first kappa shape index (κ1) is 15.3. The summed E-state index contributed by atoms with van der Waals surface area (Å²) in [4.78, 5) is 11.5. The molecule has 1 aromatic carbocycles. The van der Waals surface area contributed by atoms with Crippen LogP contribution >= 0.6 is 0 Å². The number of urea groups is 1. The second-order valence-corrected chi connectivity index (χ2v) is 5.60. The molecular formula is C15H24N2O2. The van der Waals surface area contributed by atoms with Crippen LogP contribution in [0.15, 0.2) is 24.3 Å². The minimum Gasteiger partial charge on any atom is -0.493 e. The Morgan fingerprint density at radius 3 is 2.58 bits per heavy atom. The van der Waals surface area contributed by atoms with Crippen LogP contribution in [0.2, 0.25) is 0 Å². The molecule has 1 rings (SSSR count). The van der Waals surface area contributed by atoms with Crippen LogP contribution < -0.4 is 15.4 Å². The molecule has 0 atom stereocenters. The predicted octanol–water partition coefficient (Wildman–Crippen LogP) is 2.86. The lowest BCUT2D eigenvalue weighted by molar-refractivity contribution is 0.230. The third-order valence-electron chi connectivity index (χ3n) is 2.45. The highest BCUT2D eigenvalue weighted by Gasteiger charge is 2.12. The zero-order chi connectivity index (χ0) is 14.3. The van der Waals surface area contributed by atoms with Gasteiger partial charge in [0.25, 0.3) is 0 Å². The molecule has 4 heteroatoms. The van der Waals surface area contributed by atoms with Crippen molar-refractivity contribution in [2.24, 2.45) is 0 Å². The molecule has 2 N–H and O–H groups in total. The fourth-order valence-corrected chi connectivity index (χ4v) is 1.56. The highest BCUT2D eigenvalue weighted by Crippen LogP contribution is 2.15. The molecule has 106 valence electrons. The van der Waals surface area contributed by atoms with Crippen LogP contribution in [0.4, 0.5) is 4.79 Å². The van der Waals surface area contributed by atoms with Gasteiger partial charge in [-0.1, -0.05) is 18.2 Å². The fraction of sp³-hybridized carbons (Fsp3) is 0.533. The van der Waals surface area contributed by atoms with E-state index in [1.165, 1.54) is 0 Å². The molecule has 0 heterocycles. The van der Waals surface area contributed by atoms with Gasteiger partial charge in [-0.2, -0.15) is 0 Å². The molecule has 0 unspecified atom stereocenters. The summed E-state index contributed by atoms with van der Waals surface area (Å²) in [7, 11) is 0. The summed E-state index contributed by atoms with van der Waals surface area (Å²) in [5, 5.41) is 5.66. The van der Waals surface area contributed by atoms with Crippen molar-refractivity contribution >= 4 is 6.03 Å². The number of benzene rings is 1. The predicted molar refractivity (Wildman–Crippen MR) is 77.6 cm³/mol. The summed E-state index contributed by atoms with van der Waals surface area (Å²) < 4.78 is 5.65. The third kappa shape index (κ3) is 6.70. The Balaban J connectivity index is 2.15. The van der Waals surface area contributed by atoms with E-state index in [1.54, 1.807) is 0 Å². The van der Waals surface area contributed by atoms with Crippen molar-refractivity contribution in [3.05, 3.63) is 29.8 Å². The van der Waals surface area contributed by atoms with E-state index in [0.29, 0.717) is 13.2 Å². The van der Waals surface area contributed by atoms with Gasteiger partial charge in [-0.15, -0.1) is 0 Å². The van der Waals surface area contributed by atoms with E-state index in [0.717, 1.165) is 17.7 Å². The molecule has 0 spiro atoms. The van der Waals surface area contributed by atoms with E-state index in [9.17, 15) is 4.79 Å². The van der Waals surface area contributed by atoms with Crippen LogP contribution in [-0.2, 0) is 0 Å². The first-order chi connectivity index (χ1) is 8.88. The van der Waals surface area contributed by atoms with Crippen molar-refractivity contribution in [3.8, 4) is 5.75 Å². The monoisotopic (exact) mass is 264 g/mol. The van der Waals surface area contributed by atoms with Gasteiger partial charge in [0.1, 0.15) is 5.75 Å². The number of ether oxygens (including phenoxy) is 1. The number of carbonyl (C=O) groups excluding carboxylic acids is 1. The van der Waals surface area contributed by atoms with Crippen LogP contribution in [0, 0.1) is 6.92 Å². The molecule has 1 aromatic rings. The Labute approximate surface area is 115 Å². The van der Waals surface area contributed by atoms with Gasteiger partial charge in [-0.25, -0.2) is 4.79 Å². The lowest BCUT2D eigenvalue weighted by Crippen LogP contribution is -2.46. The molecule has 2 amide bonds. The maximum atomic E-state index is 11.5. The topological polar surface area (TPSA) is 50.4 Å². The Morgan fingerprint density at radius 1 is 1.26 bits per heavy atom. The maximum absolute atomic E-state index is 11.5. The number of aryl methyl sites for hydroxylation is 1. The van der Waals surface area contributed by atoms with E-state index in [-0.39, 0.29) is 11.6 Å². The smallest absolute Gasteiger partial charge is 0.315 e. The van der Waals surface area contributed by atoms with Gasteiger partial charge >= 0.3 is 6.03 Å². The van der Waals surface area contributed by atoms with Crippen LogP contribution in [0.3, 0.4) is 0 Å². The van der Waals surface area contributed by atoms with Crippen molar-refractivity contribution in [1.29, 1.82) is 0 Å². The Hall–Kier alpha value is -1.71. The van der Waals surface area contributed by atoms with Gasteiger partial charge in [-0.3, -0.25) is 0 Å². The molecular weight excluding hydrogens is 240 g/mol. The number of para-hydroxylation sites is 1. The summed E-state index contributed by atoms with van der Waals surface area (Å²) in [5.41, 5.74) is 0.919. The average Bonchev–Trinajstić information content (AvgIpc) is 2.28. The summed E-state index contributed by atoms with van der Waals surface area (Å²) >= 11 is 0. The summed E-state index contributed by atoms with van der Waals surface area (Å²) in [6.07, 6.45) is 0.784. The third-order valence-corrected chi connectivity index (χ3v) is 2.45. The van der Waals surface area contributed by atoms with E-state index in [1.807, 2.05) is 52.0 Å². The molecule has 0 fully saturated rings. The largest absolute Gasteiger partial charge is 0.493 e. The van der Waals surface area contributed by atoms with Gasteiger partial charge < -0.3 is 15.4 Å². The Kier molecular flexibility index (Phi) is 5.67. The second-order valence-electron chi connectivity index (χ2n) is 5.60. The normalized spacial score (nSPS) is 10.9. The minimum absolute atomic E-state index is 0.136. The second kappa shape index (κ2) is 7.02. The molecule has 4 nitrogen and oxygen atoms in total. The lowest BCUT2D eigenvalue weighted by Gasteiger charge is -2.20. The van der Waals surface area contributed by atoms with E-state index in [2.05, 4.69) is 10.6 Å². The number of nitrogens with one attached hydrogen (secondary N) is 2. The van der Waals surface area contributed by atoms with Crippen LogP contribution in [0.5, 0.6) is 5.75 Å². The van der Waals surface area contributed by atoms with Crippen LogP contribution in [0.1, 0.15) is 32.8 Å². The van der Waals surface area contributed by atoms with E-state index < -0.39 is 0 Å². The van der Waals surface area contributed by atoms with Gasteiger partial charge in [0.15, 0.2) is 0 Å². The molecule has 0 aliphatic heterocycles. The minimum atomic E-state index is -0.207. The number of carbonyl (C=O) groups is 1. The fourth-order valence-electron chi connectivity index (χ4n) is 1.56. The lowest BCUT2D eigenvalue weighted by atomic mass is 10.1. The van der Waals surface area contributed by atoms with Gasteiger partial charge in [0.2, 0.25) is 0 Å². The zero-order valence-corrected chi connectivity index (χ0v) is 12.2. The summed E-state index contributed by atoms with van der Waals surface area (Å²) in [6.45, 7) is 9.08. The SMILES string of the molecule is Cc1ccccc1OCCCNC(=O)NC(C)(C)C. The highest BCUT2D eigenvalue weighted by molar-refractivity contribution is 5.74. The quantitative estimate of drug-likeness (QED) is 0.803. The zero-order valence-electron chi connectivity index (χ0n) is 12.2. The molecule has 0 aromatic heterocycles. The number of hydrogen-bond acceptors (Lipinski definition) is 2. The molecule has 19 heavy (non-hydrogen) atoms. The molecule has 0 aliphatic rings. The van der Waals surface area contributed by atoms with Gasteiger partial charge in [-0.05, 0) is 45.7 Å². The number of hydrogen-bond donors (Lipinski definition) is 2. The maximum Gasteiger partial charge on any atom is 0.315 e. The van der Waals surface area contributed by atoms with Crippen molar-refractivity contribution in [3.63, 3.8) is 0 Å². The van der Waals surface area contributed by atoms with Crippen LogP contribution in [0.25, 0.3) is 0 Å². The first-order valence-corrected chi connectivity index (χ1v) is 6.63. The standard InChI is InChI=1S/C15H24N2O2/c1-12-8-5-6-9-13(12)19-11-7-10-16-14(18)17-15(2,3)4/h5-6,8-9H,7,10-11H2,1-4H3,(H2,16,17,18). The Morgan fingerprint density at radius 2 is 1.95 bits per heavy atom. The molecule has 0 saturated heterocycles. The van der Waals surface area contributed by atoms with Crippen molar-refractivity contribution in [2.75, 3.05) is 13.2 Å². The van der Waals surface area contributed by atoms with E-state index in [4.69, 9.17) is 4.74 Å². The van der Waals surface area contributed by atoms with Crippen molar-refractivity contribution < 1.29 is 9.53 Å². The van der Waals surface area contributed by atoms with Gasteiger partial charge in [0.05, 0.1) is 6.61 Å². The first-order valence-electron chi connectivity index (χ1n) is 6.63. The molecule has 0 radical (unpaired) electrons. The van der Waals surface area contributed by atoms with Gasteiger partial charge in [0, 0.05) is 12.1 Å². The van der Waals surface area contributed by atoms with Crippen LogP contribution in [-0.4, -0.2) is 24.7 Å². The average molecular weight is 264 g/mol. The number of amides is 2. The highest BCUT2D eigenvalue weighted by atomic mass is 16.5. The summed E-state index contributed by atoms with van der Waals surface area (Å²) in [6, 6.07) is 7.78. The molecule has 0 aliphatic carbocycles. The van der Waals surface area contributed by atoms with Crippen molar-refractivity contribution in [2.45, 2.75) is 39.7 Å². The molecule has 0 bridgehead atoms. The number of rotatable bonds is 5. The Bertz CT molecular complexity index is 411. The van der Waals surface area contributed by atoms with E-state index >= 15 is 0 Å². The molecule has 0 saturated carbocycles. The van der Waals surface area contributed by atoms with Crippen molar-refractivity contribution in [1.82, 2.24) is 10.6 Å².